The maximum Gasteiger partial charge on any atom is 0.337 e. The van der Waals surface area contributed by atoms with Gasteiger partial charge in [0.05, 0.1) is 33.3 Å². The molecule has 1 heterocycles. The van der Waals surface area contributed by atoms with Gasteiger partial charge in [-0.25, -0.2) is 17.6 Å². The minimum absolute atomic E-state index is 0.0117. The molecule has 4 aromatic rings. The number of carbonyl (C=O) groups is 1. The van der Waals surface area contributed by atoms with Gasteiger partial charge in [0.2, 0.25) is 0 Å². The van der Waals surface area contributed by atoms with Gasteiger partial charge < -0.3 is 5.11 Å². The lowest BCUT2D eigenvalue weighted by Crippen LogP contribution is -2.17. The standard InChI is InChI=1S/C27H22FN3O4S/c1-27(2,3)22-10-7-17(14-23(22)28)36(34,35)31-24-11-6-16(15-29)13-21(24)18-8-9-20(26(32)33)25-19(18)5-4-12-30-25/h4-14,31H,1-3H3,(H,32,33). The highest BCUT2D eigenvalue weighted by Gasteiger charge is 2.24. The summed E-state index contributed by atoms with van der Waals surface area (Å²) in [5.41, 5.74) is 1.33. The van der Waals surface area contributed by atoms with Gasteiger partial charge in [-0.05, 0) is 59.0 Å². The number of aromatic nitrogens is 1. The molecule has 0 aliphatic carbocycles. The van der Waals surface area contributed by atoms with Crippen LogP contribution in [0.1, 0.15) is 42.3 Å². The van der Waals surface area contributed by atoms with Crippen molar-refractivity contribution in [2.75, 3.05) is 4.72 Å². The highest BCUT2D eigenvalue weighted by atomic mass is 32.2. The molecule has 1 aromatic heterocycles. The zero-order valence-corrected chi connectivity index (χ0v) is 20.5. The van der Waals surface area contributed by atoms with Crippen molar-refractivity contribution in [2.45, 2.75) is 31.1 Å². The maximum absolute atomic E-state index is 14.8. The average molecular weight is 504 g/mol. The summed E-state index contributed by atoms with van der Waals surface area (Å²) >= 11 is 0. The van der Waals surface area contributed by atoms with Crippen LogP contribution in [0, 0.1) is 17.1 Å². The topological polar surface area (TPSA) is 120 Å². The average Bonchev–Trinajstić information content (AvgIpc) is 2.82. The summed E-state index contributed by atoms with van der Waals surface area (Å²) in [6, 6.07) is 16.4. The first kappa shape index (κ1) is 24.8. The van der Waals surface area contributed by atoms with E-state index >= 15 is 0 Å². The fourth-order valence-corrected chi connectivity index (χ4v) is 5.07. The van der Waals surface area contributed by atoms with Crippen LogP contribution in [0.5, 0.6) is 0 Å². The zero-order chi connectivity index (χ0) is 26.3. The molecule has 0 saturated carbocycles. The predicted molar refractivity (Wildman–Crippen MR) is 135 cm³/mol. The fraction of sp³-hybridized carbons (Fsp3) is 0.148. The number of sulfonamides is 1. The molecule has 0 aliphatic rings. The third kappa shape index (κ3) is 4.63. The van der Waals surface area contributed by atoms with Crippen LogP contribution in [0.4, 0.5) is 10.1 Å². The lowest BCUT2D eigenvalue weighted by molar-refractivity contribution is 0.0699. The number of rotatable bonds is 5. The highest BCUT2D eigenvalue weighted by Crippen LogP contribution is 2.36. The number of aromatic carboxylic acids is 1. The molecule has 0 aliphatic heterocycles. The summed E-state index contributed by atoms with van der Waals surface area (Å²) in [4.78, 5) is 15.6. The van der Waals surface area contributed by atoms with Gasteiger partial charge in [0.15, 0.2) is 0 Å². The molecule has 0 unspecified atom stereocenters. The highest BCUT2D eigenvalue weighted by molar-refractivity contribution is 7.92. The van der Waals surface area contributed by atoms with Crippen molar-refractivity contribution in [3.05, 3.63) is 89.4 Å². The van der Waals surface area contributed by atoms with Crippen molar-refractivity contribution >= 4 is 32.6 Å². The number of pyridine rings is 1. The van der Waals surface area contributed by atoms with Gasteiger partial charge in [-0.15, -0.1) is 0 Å². The Morgan fingerprint density at radius 3 is 2.44 bits per heavy atom. The van der Waals surface area contributed by atoms with Crippen LogP contribution in [-0.2, 0) is 15.4 Å². The Morgan fingerprint density at radius 2 is 1.81 bits per heavy atom. The van der Waals surface area contributed by atoms with Gasteiger partial charge in [0.1, 0.15) is 5.82 Å². The number of anilines is 1. The molecule has 0 bridgehead atoms. The molecule has 0 atom stereocenters. The van der Waals surface area contributed by atoms with E-state index in [1.165, 1.54) is 42.6 Å². The molecule has 7 nitrogen and oxygen atoms in total. The third-order valence-electron chi connectivity index (χ3n) is 5.74. The van der Waals surface area contributed by atoms with Gasteiger partial charge in [0, 0.05) is 17.1 Å². The summed E-state index contributed by atoms with van der Waals surface area (Å²) in [5.74, 6) is -1.79. The summed E-state index contributed by atoms with van der Waals surface area (Å²) in [6.07, 6.45) is 1.46. The molecule has 3 aromatic carbocycles. The number of fused-ring (bicyclic) bond motifs is 1. The van der Waals surface area contributed by atoms with Crippen LogP contribution in [0.15, 0.2) is 71.8 Å². The van der Waals surface area contributed by atoms with Crippen molar-refractivity contribution < 1.29 is 22.7 Å². The smallest absolute Gasteiger partial charge is 0.337 e. The first-order valence-electron chi connectivity index (χ1n) is 10.9. The van der Waals surface area contributed by atoms with Crippen molar-refractivity contribution in [2.24, 2.45) is 0 Å². The molecule has 9 heteroatoms. The second-order valence-corrected chi connectivity index (χ2v) is 10.9. The number of halogens is 1. The Kier molecular flexibility index (Phi) is 6.24. The quantitative estimate of drug-likeness (QED) is 0.360. The number of carboxylic acids is 1. The molecule has 0 radical (unpaired) electrons. The number of hydrogen-bond acceptors (Lipinski definition) is 5. The van der Waals surface area contributed by atoms with E-state index in [0.717, 1.165) is 6.07 Å². The lowest BCUT2D eigenvalue weighted by atomic mass is 9.87. The van der Waals surface area contributed by atoms with Crippen molar-refractivity contribution in [1.82, 2.24) is 4.98 Å². The minimum Gasteiger partial charge on any atom is -0.478 e. The van der Waals surface area contributed by atoms with Gasteiger partial charge in [0.25, 0.3) is 10.0 Å². The first-order chi connectivity index (χ1) is 16.9. The summed E-state index contributed by atoms with van der Waals surface area (Å²) in [6.45, 7) is 5.49. The second-order valence-electron chi connectivity index (χ2n) is 9.23. The number of hydrogen-bond donors (Lipinski definition) is 2. The van der Waals surface area contributed by atoms with Crippen LogP contribution >= 0.6 is 0 Å². The number of nitrogens with zero attached hydrogens (tertiary/aromatic N) is 2. The molecule has 182 valence electrons. The van der Waals surface area contributed by atoms with E-state index in [1.54, 1.807) is 18.2 Å². The molecule has 0 amide bonds. The Balaban J connectivity index is 1.87. The fourth-order valence-electron chi connectivity index (χ4n) is 3.98. The number of benzene rings is 3. The van der Waals surface area contributed by atoms with E-state index in [-0.39, 0.29) is 27.2 Å². The monoisotopic (exact) mass is 503 g/mol. The molecular formula is C27H22FN3O4S. The van der Waals surface area contributed by atoms with Gasteiger partial charge in [-0.2, -0.15) is 5.26 Å². The molecule has 0 saturated heterocycles. The van der Waals surface area contributed by atoms with Crippen LogP contribution < -0.4 is 4.72 Å². The zero-order valence-electron chi connectivity index (χ0n) is 19.7. The molecule has 0 spiro atoms. The molecule has 0 fully saturated rings. The number of nitrogens with one attached hydrogen (secondary N) is 1. The van der Waals surface area contributed by atoms with Gasteiger partial charge >= 0.3 is 5.97 Å². The van der Waals surface area contributed by atoms with E-state index in [9.17, 15) is 28.0 Å². The first-order valence-corrected chi connectivity index (χ1v) is 12.4. The van der Waals surface area contributed by atoms with Gasteiger partial charge in [-0.1, -0.05) is 39.0 Å². The van der Waals surface area contributed by atoms with E-state index < -0.39 is 27.2 Å². The normalized spacial score (nSPS) is 11.8. The Morgan fingerprint density at radius 1 is 1.06 bits per heavy atom. The van der Waals surface area contributed by atoms with E-state index in [1.807, 2.05) is 26.8 Å². The number of carboxylic acid groups (broad SMARTS) is 1. The van der Waals surface area contributed by atoms with Crippen LogP contribution in [0.2, 0.25) is 0 Å². The molecule has 4 rings (SSSR count). The number of nitriles is 1. The maximum atomic E-state index is 14.8. The van der Waals surface area contributed by atoms with Gasteiger partial charge in [-0.3, -0.25) is 9.71 Å². The lowest BCUT2D eigenvalue weighted by Gasteiger charge is -2.20. The Labute approximate surface area is 207 Å². The second kappa shape index (κ2) is 9.06. The van der Waals surface area contributed by atoms with Crippen molar-refractivity contribution in [3.63, 3.8) is 0 Å². The minimum atomic E-state index is -4.21. The van der Waals surface area contributed by atoms with E-state index in [2.05, 4.69) is 9.71 Å². The summed E-state index contributed by atoms with van der Waals surface area (Å²) in [7, 11) is -4.21. The van der Waals surface area contributed by atoms with Crippen LogP contribution in [0.25, 0.3) is 22.0 Å². The Bertz CT molecular complexity index is 1670. The van der Waals surface area contributed by atoms with Crippen molar-refractivity contribution in [1.29, 1.82) is 5.26 Å². The van der Waals surface area contributed by atoms with Crippen LogP contribution in [0.3, 0.4) is 0 Å². The largest absolute Gasteiger partial charge is 0.478 e. The van der Waals surface area contributed by atoms with E-state index in [4.69, 9.17) is 0 Å². The summed E-state index contributed by atoms with van der Waals surface area (Å²) in [5, 5.41) is 19.5. The Hall–Kier alpha value is -4.29. The predicted octanol–water partition coefficient (Wildman–Crippen LogP) is 5.71. The van der Waals surface area contributed by atoms with Crippen molar-refractivity contribution in [3.8, 4) is 17.2 Å². The molecule has 36 heavy (non-hydrogen) atoms. The third-order valence-corrected chi connectivity index (χ3v) is 7.11. The summed E-state index contributed by atoms with van der Waals surface area (Å²) < 4.78 is 43.7. The van der Waals surface area contributed by atoms with Crippen LogP contribution in [-0.4, -0.2) is 24.5 Å². The van der Waals surface area contributed by atoms with E-state index in [0.29, 0.717) is 22.1 Å². The molecule has 2 N–H and O–H groups in total. The molecular weight excluding hydrogens is 481 g/mol. The SMILES string of the molecule is CC(C)(C)c1ccc(S(=O)(=O)Nc2ccc(C#N)cc2-c2ccc(C(=O)O)c3ncccc23)cc1F.